The average Bonchev–Trinajstić information content (AvgIpc) is 2.77. The lowest BCUT2D eigenvalue weighted by atomic mass is 10.0. The number of esters is 1. The summed E-state index contributed by atoms with van der Waals surface area (Å²) in [6.07, 6.45) is 21.3. The van der Waals surface area contributed by atoms with Crippen molar-refractivity contribution in [1.82, 2.24) is 0 Å². The highest BCUT2D eigenvalue weighted by molar-refractivity contribution is 5.69. The number of aliphatic hydroxyl groups is 1. The molecule has 0 aromatic heterocycles. The predicted molar refractivity (Wildman–Crippen MR) is 131 cm³/mol. The van der Waals surface area contributed by atoms with Crippen LogP contribution >= 0.6 is 0 Å². The maximum absolute atomic E-state index is 11.8. The first-order valence-corrected chi connectivity index (χ1v) is 13.5. The van der Waals surface area contributed by atoms with Gasteiger partial charge in [0.25, 0.3) is 0 Å². The third-order valence-electron chi connectivity index (χ3n) is 6.13. The lowest BCUT2D eigenvalue weighted by Gasteiger charge is -2.17. The van der Waals surface area contributed by atoms with E-state index in [4.69, 9.17) is 9.47 Å². The first-order chi connectivity index (χ1) is 15.1. The van der Waals surface area contributed by atoms with Gasteiger partial charge in [-0.25, -0.2) is 0 Å². The number of ether oxygens (including phenoxy) is 2. The molecule has 31 heavy (non-hydrogen) atoms. The monoisotopic (exact) mass is 442 g/mol. The largest absolute Gasteiger partial charge is 0.463 e. The van der Waals surface area contributed by atoms with Crippen molar-refractivity contribution >= 4 is 5.97 Å². The quantitative estimate of drug-likeness (QED) is 0.123. The van der Waals surface area contributed by atoms with Crippen LogP contribution in [0.5, 0.6) is 0 Å². The third kappa shape index (κ3) is 22.4. The van der Waals surface area contributed by atoms with E-state index in [0.29, 0.717) is 18.9 Å². The Hall–Kier alpha value is -0.610. The van der Waals surface area contributed by atoms with Crippen LogP contribution < -0.4 is 0 Å². The molecule has 0 heterocycles. The average molecular weight is 443 g/mol. The summed E-state index contributed by atoms with van der Waals surface area (Å²) in [5, 5.41) is 9.94. The topological polar surface area (TPSA) is 55.8 Å². The molecule has 4 heteroatoms. The number of unbranched alkanes of at least 4 members (excludes halogenated alkanes) is 13. The molecule has 0 aromatic rings. The van der Waals surface area contributed by atoms with E-state index >= 15 is 0 Å². The van der Waals surface area contributed by atoms with Gasteiger partial charge in [0.2, 0.25) is 0 Å². The summed E-state index contributed by atoms with van der Waals surface area (Å²) in [7, 11) is 0. The van der Waals surface area contributed by atoms with Gasteiger partial charge in [0.05, 0.1) is 6.61 Å². The van der Waals surface area contributed by atoms with Gasteiger partial charge in [-0.1, -0.05) is 117 Å². The van der Waals surface area contributed by atoms with Crippen LogP contribution in [0.1, 0.15) is 136 Å². The van der Waals surface area contributed by atoms with Gasteiger partial charge in [0, 0.05) is 13.0 Å². The SMILES string of the molecule is CCCCCCCCCCCCCCCC(=O)OC[C@@H](O)COC[C@H](CC)CCCC. The molecule has 0 saturated heterocycles. The molecular weight excluding hydrogens is 388 g/mol. The molecule has 0 aliphatic rings. The van der Waals surface area contributed by atoms with Gasteiger partial charge in [0.1, 0.15) is 12.7 Å². The summed E-state index contributed by atoms with van der Waals surface area (Å²) >= 11 is 0. The van der Waals surface area contributed by atoms with Crippen LogP contribution in [-0.2, 0) is 14.3 Å². The molecule has 0 rings (SSSR count). The standard InChI is InChI=1S/C27H54O4/c1-4-7-9-10-11-12-13-14-15-16-17-18-19-21-27(29)31-24-26(28)23-30-22-25(6-3)20-8-5-2/h25-26,28H,4-24H2,1-3H3/t25-,26+/m1/s1. The molecule has 4 nitrogen and oxygen atoms in total. The van der Waals surface area contributed by atoms with Crippen molar-refractivity contribution in [1.29, 1.82) is 0 Å². The van der Waals surface area contributed by atoms with Crippen LogP contribution in [0.2, 0.25) is 0 Å². The third-order valence-corrected chi connectivity index (χ3v) is 6.13. The fourth-order valence-electron chi connectivity index (χ4n) is 3.87. The van der Waals surface area contributed by atoms with Crippen LogP contribution in [0, 0.1) is 5.92 Å². The Bertz CT molecular complexity index is 372. The summed E-state index contributed by atoms with van der Waals surface area (Å²) in [6, 6.07) is 0. The molecule has 2 atom stereocenters. The molecule has 186 valence electrons. The minimum Gasteiger partial charge on any atom is -0.463 e. The van der Waals surface area contributed by atoms with Crippen molar-refractivity contribution in [2.45, 2.75) is 142 Å². The molecule has 0 radical (unpaired) electrons. The van der Waals surface area contributed by atoms with E-state index in [-0.39, 0.29) is 19.2 Å². The number of hydrogen-bond acceptors (Lipinski definition) is 4. The molecule has 0 spiro atoms. The fraction of sp³-hybridized carbons (Fsp3) is 0.963. The van der Waals surface area contributed by atoms with Crippen LogP contribution in [0.3, 0.4) is 0 Å². The van der Waals surface area contributed by atoms with E-state index in [2.05, 4.69) is 20.8 Å². The molecular formula is C27H54O4. The van der Waals surface area contributed by atoms with Gasteiger partial charge in [-0.05, 0) is 18.8 Å². The highest BCUT2D eigenvalue weighted by atomic mass is 16.5. The summed E-state index contributed by atoms with van der Waals surface area (Å²) in [6.45, 7) is 7.61. The zero-order chi connectivity index (χ0) is 23.0. The molecule has 0 amide bonds. The number of carbonyl (C=O) groups excluding carboxylic acids is 1. The molecule has 0 fully saturated rings. The normalized spacial score (nSPS) is 13.3. The first kappa shape index (κ1) is 30.4. The molecule has 0 aromatic carbocycles. The van der Waals surface area contributed by atoms with E-state index in [1.54, 1.807) is 0 Å². The maximum atomic E-state index is 11.8. The summed E-state index contributed by atoms with van der Waals surface area (Å²) < 4.78 is 10.8. The van der Waals surface area contributed by atoms with Gasteiger partial charge in [-0.15, -0.1) is 0 Å². The zero-order valence-electron chi connectivity index (χ0n) is 21.2. The molecule has 0 aliphatic heterocycles. The second-order valence-electron chi connectivity index (χ2n) is 9.28. The van der Waals surface area contributed by atoms with Gasteiger partial charge in [-0.3, -0.25) is 4.79 Å². The molecule has 0 bridgehead atoms. The Balaban J connectivity index is 3.42. The van der Waals surface area contributed by atoms with Crippen molar-refractivity contribution in [3.63, 3.8) is 0 Å². The minimum atomic E-state index is -0.723. The highest BCUT2D eigenvalue weighted by Gasteiger charge is 2.11. The summed E-state index contributed by atoms with van der Waals surface area (Å²) in [4.78, 5) is 11.8. The van der Waals surface area contributed by atoms with Crippen molar-refractivity contribution in [3.8, 4) is 0 Å². The minimum absolute atomic E-state index is 0.0447. The van der Waals surface area contributed by atoms with Gasteiger partial charge in [-0.2, -0.15) is 0 Å². The van der Waals surface area contributed by atoms with Crippen molar-refractivity contribution in [2.24, 2.45) is 5.92 Å². The molecule has 0 aliphatic carbocycles. The number of rotatable bonds is 24. The van der Waals surface area contributed by atoms with Crippen molar-refractivity contribution in [3.05, 3.63) is 0 Å². The van der Waals surface area contributed by atoms with Crippen LogP contribution in [-0.4, -0.2) is 37.0 Å². The highest BCUT2D eigenvalue weighted by Crippen LogP contribution is 2.14. The second kappa shape index (κ2) is 24.0. The Morgan fingerprint density at radius 1 is 0.677 bits per heavy atom. The fourth-order valence-corrected chi connectivity index (χ4v) is 3.87. The summed E-state index contributed by atoms with van der Waals surface area (Å²) in [5.41, 5.74) is 0. The van der Waals surface area contributed by atoms with Gasteiger partial charge < -0.3 is 14.6 Å². The maximum Gasteiger partial charge on any atom is 0.305 e. The number of carbonyl (C=O) groups is 1. The molecule has 0 unspecified atom stereocenters. The Kier molecular flexibility index (Phi) is 23.6. The van der Waals surface area contributed by atoms with Crippen molar-refractivity contribution < 1.29 is 19.4 Å². The number of aliphatic hydroxyl groups excluding tert-OH is 1. The second-order valence-corrected chi connectivity index (χ2v) is 9.28. The molecule has 0 saturated carbocycles. The van der Waals surface area contributed by atoms with E-state index in [1.165, 1.54) is 89.9 Å². The van der Waals surface area contributed by atoms with Crippen LogP contribution in [0.4, 0.5) is 0 Å². The van der Waals surface area contributed by atoms with E-state index in [1.807, 2.05) is 0 Å². The molecule has 1 N–H and O–H groups in total. The Morgan fingerprint density at radius 2 is 1.19 bits per heavy atom. The van der Waals surface area contributed by atoms with Gasteiger partial charge in [0.15, 0.2) is 0 Å². The van der Waals surface area contributed by atoms with E-state index < -0.39 is 6.10 Å². The first-order valence-electron chi connectivity index (χ1n) is 13.5. The zero-order valence-corrected chi connectivity index (χ0v) is 21.2. The lowest BCUT2D eigenvalue weighted by molar-refractivity contribution is -0.148. The van der Waals surface area contributed by atoms with Crippen LogP contribution in [0.15, 0.2) is 0 Å². The Morgan fingerprint density at radius 3 is 1.71 bits per heavy atom. The summed E-state index contributed by atoms with van der Waals surface area (Å²) in [5.74, 6) is 0.363. The van der Waals surface area contributed by atoms with Gasteiger partial charge >= 0.3 is 5.97 Å². The lowest BCUT2D eigenvalue weighted by Crippen LogP contribution is -2.25. The van der Waals surface area contributed by atoms with Crippen LogP contribution in [0.25, 0.3) is 0 Å². The van der Waals surface area contributed by atoms with E-state index in [0.717, 1.165) is 19.3 Å². The van der Waals surface area contributed by atoms with Crippen molar-refractivity contribution in [2.75, 3.05) is 19.8 Å². The smallest absolute Gasteiger partial charge is 0.305 e. The number of hydrogen-bond donors (Lipinski definition) is 1. The van der Waals surface area contributed by atoms with E-state index in [9.17, 15) is 9.90 Å². The predicted octanol–water partition coefficient (Wildman–Crippen LogP) is 7.60. The Labute approximate surface area is 193 Å².